The number of hydrogen-bond acceptors (Lipinski definition) is 6. The van der Waals surface area contributed by atoms with Gasteiger partial charge in [-0.15, -0.1) is 0 Å². The molecule has 0 spiro atoms. The zero-order chi connectivity index (χ0) is 29.9. The number of thioether (sulfide) groups is 1. The summed E-state index contributed by atoms with van der Waals surface area (Å²) in [6, 6.07) is 2.32. The summed E-state index contributed by atoms with van der Waals surface area (Å²) in [5.41, 5.74) is 1.19. The molecule has 1 atom stereocenters. The van der Waals surface area contributed by atoms with Gasteiger partial charge in [-0.1, -0.05) is 0 Å². The van der Waals surface area contributed by atoms with E-state index in [-0.39, 0.29) is 29.0 Å². The van der Waals surface area contributed by atoms with E-state index in [0.29, 0.717) is 24.5 Å². The first-order valence-electron chi connectivity index (χ1n) is 11.5. The molecule has 0 bridgehead atoms. The Hall–Kier alpha value is -3.36. The van der Waals surface area contributed by atoms with Gasteiger partial charge in [-0.2, -0.15) is 51.3 Å². The number of halogens is 9. The maximum atomic E-state index is 13.5. The number of rotatable bonds is 9. The molecule has 2 N–H and O–H groups in total. The fourth-order valence-corrected chi connectivity index (χ4v) is 3.91. The number of alkyl halides is 9. The minimum Gasteiger partial charge on any atom is -0.489 e. The highest BCUT2D eigenvalue weighted by Crippen LogP contribution is 2.39. The molecular weight excluding hydrogens is 575 g/mol. The Morgan fingerprint density at radius 3 is 1.90 bits per heavy atom. The standard InChI is InChI=1S/C25H23F9N4OS/c1-14(15-7-18(24(29,30)31)10-19(8-15)25(32,33)34)38(22-36-11-20(12-37-22)39-5-6-40-2)13-16-9-17(23(26,27)28)3-4-21(16)35/h3-4,7-12,14H,5-6,13,35H2,1-2H3/t14-/m0/s1. The number of nitrogens with two attached hydrogens (primary N) is 1. The summed E-state index contributed by atoms with van der Waals surface area (Å²) < 4.78 is 127. The zero-order valence-corrected chi connectivity index (χ0v) is 21.8. The molecule has 3 rings (SSSR count). The Morgan fingerprint density at radius 2 is 1.40 bits per heavy atom. The fourth-order valence-electron chi connectivity index (χ4n) is 3.66. The van der Waals surface area contributed by atoms with E-state index in [9.17, 15) is 39.5 Å². The van der Waals surface area contributed by atoms with E-state index in [4.69, 9.17) is 10.5 Å². The van der Waals surface area contributed by atoms with Crippen LogP contribution in [-0.2, 0) is 25.1 Å². The molecule has 3 aromatic rings. The summed E-state index contributed by atoms with van der Waals surface area (Å²) in [5, 5.41) is 0. The van der Waals surface area contributed by atoms with Crippen molar-refractivity contribution >= 4 is 23.4 Å². The van der Waals surface area contributed by atoms with Gasteiger partial charge in [0.05, 0.1) is 41.7 Å². The molecule has 15 heteroatoms. The van der Waals surface area contributed by atoms with E-state index < -0.39 is 53.4 Å². The Labute approximate surface area is 227 Å². The minimum atomic E-state index is -5.10. The zero-order valence-electron chi connectivity index (χ0n) is 21.0. The van der Waals surface area contributed by atoms with Crippen molar-refractivity contribution in [2.45, 2.75) is 38.0 Å². The van der Waals surface area contributed by atoms with Gasteiger partial charge in [0.15, 0.2) is 5.75 Å². The van der Waals surface area contributed by atoms with E-state index in [1.54, 1.807) is 0 Å². The lowest BCUT2D eigenvalue weighted by Gasteiger charge is -2.31. The van der Waals surface area contributed by atoms with Crippen LogP contribution >= 0.6 is 11.8 Å². The van der Waals surface area contributed by atoms with E-state index in [1.807, 2.05) is 6.26 Å². The number of ether oxygens (including phenoxy) is 1. The first-order valence-corrected chi connectivity index (χ1v) is 12.9. The second-order valence-electron chi connectivity index (χ2n) is 8.61. The van der Waals surface area contributed by atoms with Crippen LogP contribution in [0.5, 0.6) is 5.75 Å². The lowest BCUT2D eigenvalue weighted by molar-refractivity contribution is -0.143. The molecule has 5 nitrogen and oxygen atoms in total. The van der Waals surface area contributed by atoms with Gasteiger partial charge in [0, 0.05) is 18.0 Å². The topological polar surface area (TPSA) is 64.3 Å². The van der Waals surface area contributed by atoms with Crippen molar-refractivity contribution in [2.24, 2.45) is 0 Å². The van der Waals surface area contributed by atoms with Crippen LogP contribution in [0.25, 0.3) is 0 Å². The largest absolute Gasteiger partial charge is 0.489 e. The minimum absolute atomic E-state index is 0.0113. The van der Waals surface area contributed by atoms with E-state index in [2.05, 4.69) is 9.97 Å². The summed E-state index contributed by atoms with van der Waals surface area (Å²) in [5.74, 6) is 0.700. The van der Waals surface area contributed by atoms with Crippen LogP contribution in [0.1, 0.15) is 40.8 Å². The van der Waals surface area contributed by atoms with Gasteiger partial charge in [0.2, 0.25) is 5.95 Å². The summed E-state index contributed by atoms with van der Waals surface area (Å²) in [6.45, 7) is 1.13. The molecule has 0 amide bonds. The number of nitrogens with zero attached hydrogens (tertiary/aromatic N) is 3. The molecule has 0 fully saturated rings. The summed E-state index contributed by atoms with van der Waals surface area (Å²) in [6.07, 6.45) is -10.6. The average molecular weight is 599 g/mol. The summed E-state index contributed by atoms with van der Waals surface area (Å²) in [4.78, 5) is 9.40. The van der Waals surface area contributed by atoms with Gasteiger partial charge < -0.3 is 15.4 Å². The van der Waals surface area contributed by atoms with Crippen molar-refractivity contribution in [1.29, 1.82) is 0 Å². The number of aromatic nitrogens is 2. The number of hydrogen-bond donors (Lipinski definition) is 1. The van der Waals surface area contributed by atoms with Gasteiger partial charge in [0.25, 0.3) is 0 Å². The van der Waals surface area contributed by atoms with Crippen molar-refractivity contribution in [1.82, 2.24) is 9.97 Å². The van der Waals surface area contributed by atoms with E-state index in [1.165, 1.54) is 31.1 Å². The summed E-state index contributed by atoms with van der Waals surface area (Å²) in [7, 11) is 0. The summed E-state index contributed by atoms with van der Waals surface area (Å²) >= 11 is 1.52. The third-order valence-electron chi connectivity index (χ3n) is 5.80. The second-order valence-corrected chi connectivity index (χ2v) is 9.60. The molecule has 0 unspecified atom stereocenters. The van der Waals surface area contributed by atoms with Gasteiger partial charge in [0.1, 0.15) is 0 Å². The van der Waals surface area contributed by atoms with Gasteiger partial charge in [-0.25, -0.2) is 9.97 Å². The Bertz CT molecular complexity index is 1260. The highest BCUT2D eigenvalue weighted by atomic mass is 32.2. The third kappa shape index (κ3) is 7.86. The molecule has 40 heavy (non-hydrogen) atoms. The lowest BCUT2D eigenvalue weighted by Crippen LogP contribution is -2.29. The maximum Gasteiger partial charge on any atom is 0.416 e. The van der Waals surface area contributed by atoms with Crippen LogP contribution in [-0.4, -0.2) is 28.6 Å². The molecule has 0 aliphatic rings. The van der Waals surface area contributed by atoms with Crippen LogP contribution < -0.4 is 15.4 Å². The van der Waals surface area contributed by atoms with Gasteiger partial charge in [-0.05, 0) is 60.7 Å². The molecule has 0 radical (unpaired) electrons. The van der Waals surface area contributed by atoms with E-state index >= 15 is 0 Å². The number of anilines is 2. The molecule has 0 aliphatic heterocycles. The molecule has 1 heterocycles. The smallest absolute Gasteiger partial charge is 0.416 e. The molecule has 2 aromatic carbocycles. The van der Waals surface area contributed by atoms with Crippen LogP contribution in [0, 0.1) is 0 Å². The normalized spacial score (nSPS) is 13.3. The highest BCUT2D eigenvalue weighted by molar-refractivity contribution is 7.98. The van der Waals surface area contributed by atoms with Crippen molar-refractivity contribution in [3.05, 3.63) is 76.6 Å². The number of nitrogen functional groups attached to an aromatic ring is 1. The van der Waals surface area contributed by atoms with Gasteiger partial charge >= 0.3 is 18.5 Å². The maximum absolute atomic E-state index is 13.5. The van der Waals surface area contributed by atoms with Crippen molar-refractivity contribution in [3.8, 4) is 5.75 Å². The Balaban J connectivity index is 2.12. The molecule has 0 saturated heterocycles. The molecule has 218 valence electrons. The van der Waals surface area contributed by atoms with Crippen molar-refractivity contribution in [3.63, 3.8) is 0 Å². The van der Waals surface area contributed by atoms with Crippen LogP contribution in [0.3, 0.4) is 0 Å². The fraction of sp³-hybridized carbons (Fsp3) is 0.360. The highest BCUT2D eigenvalue weighted by Gasteiger charge is 2.38. The van der Waals surface area contributed by atoms with E-state index in [0.717, 1.165) is 23.1 Å². The Morgan fingerprint density at radius 1 is 0.850 bits per heavy atom. The third-order valence-corrected chi connectivity index (χ3v) is 6.37. The van der Waals surface area contributed by atoms with Crippen LogP contribution in [0.2, 0.25) is 0 Å². The van der Waals surface area contributed by atoms with Crippen LogP contribution in [0.15, 0.2) is 48.8 Å². The SMILES string of the molecule is CSCCOc1cnc(N(Cc2cc(C(F)(F)F)ccc2N)[C@@H](C)c2cc(C(F)(F)F)cc(C(F)(F)F)c2)nc1. The predicted molar refractivity (Wildman–Crippen MR) is 133 cm³/mol. The van der Waals surface area contributed by atoms with Crippen molar-refractivity contribution < 1.29 is 44.3 Å². The molecule has 0 saturated carbocycles. The Kier molecular flexibility index (Phi) is 9.37. The second kappa shape index (κ2) is 12.0. The van der Waals surface area contributed by atoms with Crippen LogP contribution in [0.4, 0.5) is 51.1 Å². The number of benzene rings is 2. The monoisotopic (exact) mass is 598 g/mol. The first kappa shape index (κ1) is 31.2. The molecular formula is C25H23F9N4OS. The molecule has 0 aliphatic carbocycles. The quantitative estimate of drug-likeness (QED) is 0.155. The van der Waals surface area contributed by atoms with Crippen molar-refractivity contribution in [2.75, 3.05) is 29.2 Å². The predicted octanol–water partition coefficient (Wildman–Crippen LogP) is 7.62. The average Bonchev–Trinajstić information content (AvgIpc) is 2.86. The van der Waals surface area contributed by atoms with Gasteiger partial charge in [-0.3, -0.25) is 0 Å². The lowest BCUT2D eigenvalue weighted by atomic mass is 9.98. The first-order chi connectivity index (χ1) is 18.5. The molecule has 1 aromatic heterocycles.